The normalized spacial score (nSPS) is 16.3. The molecule has 1 atom stereocenters. The average Bonchev–Trinajstić information content (AvgIpc) is 3.15. The van der Waals surface area contributed by atoms with Gasteiger partial charge in [-0.2, -0.15) is 0 Å². The van der Waals surface area contributed by atoms with Crippen LogP contribution < -0.4 is 5.32 Å². The molecule has 1 aliphatic heterocycles. The maximum absolute atomic E-state index is 12.6. The minimum atomic E-state index is -0.124. The van der Waals surface area contributed by atoms with E-state index < -0.39 is 0 Å². The standard InChI is InChI=1S/C20H25N3O2S/c1-15-5-7-17(8-6-15)20(18-4-3-13-26-18)21-19(25)14-22-9-11-23(12-10-22)16(2)24/h3-8,13,20H,9-12,14H2,1-2H3,(H,21,25)/t20-/m1/s1. The smallest absolute Gasteiger partial charge is 0.234 e. The topological polar surface area (TPSA) is 52.7 Å². The van der Waals surface area contributed by atoms with E-state index in [4.69, 9.17) is 0 Å². The zero-order chi connectivity index (χ0) is 18.5. The SMILES string of the molecule is CC(=O)N1CCN(CC(=O)N[C@H](c2ccc(C)cc2)c2cccs2)CC1. The summed E-state index contributed by atoms with van der Waals surface area (Å²) in [6.07, 6.45) is 0. The molecular weight excluding hydrogens is 346 g/mol. The van der Waals surface area contributed by atoms with Crippen LogP contribution in [0.5, 0.6) is 0 Å². The van der Waals surface area contributed by atoms with Crippen LogP contribution in [0.2, 0.25) is 0 Å². The number of aryl methyl sites for hydroxylation is 1. The first-order chi connectivity index (χ1) is 12.5. The van der Waals surface area contributed by atoms with Crippen molar-refractivity contribution in [3.8, 4) is 0 Å². The van der Waals surface area contributed by atoms with Crippen LogP contribution in [0, 0.1) is 6.92 Å². The van der Waals surface area contributed by atoms with Crippen LogP contribution in [-0.4, -0.2) is 54.3 Å². The Balaban J connectivity index is 1.63. The van der Waals surface area contributed by atoms with Crippen LogP contribution >= 0.6 is 11.3 Å². The van der Waals surface area contributed by atoms with Crippen molar-refractivity contribution in [3.05, 3.63) is 57.8 Å². The molecule has 0 saturated carbocycles. The Bertz CT molecular complexity index is 735. The van der Waals surface area contributed by atoms with Gasteiger partial charge in [0.2, 0.25) is 11.8 Å². The summed E-state index contributed by atoms with van der Waals surface area (Å²) in [5.74, 6) is 0.117. The zero-order valence-electron chi connectivity index (χ0n) is 15.3. The van der Waals surface area contributed by atoms with E-state index in [1.54, 1.807) is 18.3 Å². The second-order valence-corrected chi connectivity index (χ2v) is 7.69. The molecule has 0 spiro atoms. The summed E-state index contributed by atoms with van der Waals surface area (Å²) in [5, 5.41) is 5.22. The highest BCUT2D eigenvalue weighted by Crippen LogP contribution is 2.26. The van der Waals surface area contributed by atoms with Gasteiger partial charge >= 0.3 is 0 Å². The molecule has 1 N–H and O–H groups in total. The first-order valence-corrected chi connectivity index (χ1v) is 9.78. The lowest BCUT2D eigenvalue weighted by Crippen LogP contribution is -2.50. The summed E-state index contributed by atoms with van der Waals surface area (Å²) in [7, 11) is 0. The van der Waals surface area contributed by atoms with Crippen LogP contribution in [0.25, 0.3) is 0 Å². The molecule has 0 bridgehead atoms. The van der Waals surface area contributed by atoms with E-state index >= 15 is 0 Å². The van der Waals surface area contributed by atoms with E-state index in [-0.39, 0.29) is 17.9 Å². The Kier molecular flexibility index (Phi) is 6.06. The minimum absolute atomic E-state index is 0.0141. The summed E-state index contributed by atoms with van der Waals surface area (Å²) in [4.78, 5) is 29.1. The van der Waals surface area contributed by atoms with Crippen molar-refractivity contribution in [2.24, 2.45) is 0 Å². The van der Waals surface area contributed by atoms with Crippen molar-refractivity contribution >= 4 is 23.2 Å². The number of amides is 2. The minimum Gasteiger partial charge on any atom is -0.343 e. The lowest BCUT2D eigenvalue weighted by molar-refractivity contribution is -0.131. The van der Waals surface area contributed by atoms with Gasteiger partial charge in [0.15, 0.2) is 0 Å². The Morgan fingerprint density at radius 1 is 1.12 bits per heavy atom. The van der Waals surface area contributed by atoms with Crippen LogP contribution in [0.4, 0.5) is 0 Å². The average molecular weight is 372 g/mol. The van der Waals surface area contributed by atoms with Gasteiger partial charge in [-0.15, -0.1) is 11.3 Å². The number of rotatable bonds is 5. The molecule has 1 aromatic heterocycles. The van der Waals surface area contributed by atoms with Gasteiger partial charge in [-0.1, -0.05) is 35.9 Å². The van der Waals surface area contributed by atoms with Crippen molar-refractivity contribution in [3.63, 3.8) is 0 Å². The number of nitrogens with one attached hydrogen (secondary N) is 1. The summed E-state index contributed by atoms with van der Waals surface area (Å²) in [6, 6.07) is 12.2. The largest absolute Gasteiger partial charge is 0.343 e. The summed E-state index contributed by atoms with van der Waals surface area (Å²) in [6.45, 7) is 6.87. The third-order valence-corrected chi connectivity index (χ3v) is 5.67. The Morgan fingerprint density at radius 3 is 2.38 bits per heavy atom. The van der Waals surface area contributed by atoms with Crippen LogP contribution in [0.1, 0.15) is 29.0 Å². The van der Waals surface area contributed by atoms with Crippen LogP contribution in [-0.2, 0) is 9.59 Å². The van der Waals surface area contributed by atoms with Crippen molar-refractivity contribution in [2.75, 3.05) is 32.7 Å². The van der Waals surface area contributed by atoms with Gasteiger partial charge in [-0.25, -0.2) is 0 Å². The number of piperazine rings is 1. The molecule has 2 amide bonds. The lowest BCUT2D eigenvalue weighted by Gasteiger charge is -2.34. The maximum atomic E-state index is 12.6. The fourth-order valence-electron chi connectivity index (χ4n) is 3.16. The zero-order valence-corrected chi connectivity index (χ0v) is 16.1. The molecule has 1 saturated heterocycles. The molecule has 0 radical (unpaired) electrons. The van der Waals surface area contributed by atoms with E-state index in [1.165, 1.54) is 5.56 Å². The molecule has 1 aromatic carbocycles. The molecule has 3 rings (SSSR count). The number of carbonyl (C=O) groups is 2. The number of thiophene rings is 1. The van der Waals surface area contributed by atoms with Gasteiger partial charge in [0.1, 0.15) is 0 Å². The molecule has 6 heteroatoms. The Labute approximate surface area is 158 Å². The highest BCUT2D eigenvalue weighted by Gasteiger charge is 2.23. The van der Waals surface area contributed by atoms with Gasteiger partial charge < -0.3 is 10.2 Å². The van der Waals surface area contributed by atoms with Gasteiger partial charge in [-0.05, 0) is 23.9 Å². The third kappa shape index (κ3) is 4.71. The molecule has 1 fully saturated rings. The van der Waals surface area contributed by atoms with E-state index in [2.05, 4.69) is 47.5 Å². The third-order valence-electron chi connectivity index (χ3n) is 4.73. The summed E-state index contributed by atoms with van der Waals surface area (Å²) >= 11 is 1.65. The van der Waals surface area contributed by atoms with Gasteiger partial charge in [-0.3, -0.25) is 14.5 Å². The van der Waals surface area contributed by atoms with Gasteiger partial charge in [0, 0.05) is 38.0 Å². The molecule has 1 aliphatic rings. The Hall–Kier alpha value is -2.18. The number of nitrogens with zero attached hydrogens (tertiary/aromatic N) is 2. The second-order valence-electron chi connectivity index (χ2n) is 6.71. The molecule has 138 valence electrons. The molecule has 5 nitrogen and oxygen atoms in total. The van der Waals surface area contributed by atoms with E-state index in [0.717, 1.165) is 23.5 Å². The molecule has 0 aliphatic carbocycles. The van der Waals surface area contributed by atoms with Gasteiger partial charge in [0.25, 0.3) is 0 Å². The highest BCUT2D eigenvalue weighted by molar-refractivity contribution is 7.10. The van der Waals surface area contributed by atoms with Crippen molar-refractivity contribution < 1.29 is 9.59 Å². The number of hydrogen-bond donors (Lipinski definition) is 1. The second kappa shape index (κ2) is 8.47. The number of carbonyl (C=O) groups excluding carboxylic acids is 2. The number of hydrogen-bond acceptors (Lipinski definition) is 4. The van der Waals surface area contributed by atoms with E-state index in [0.29, 0.717) is 19.6 Å². The van der Waals surface area contributed by atoms with Crippen molar-refractivity contribution in [2.45, 2.75) is 19.9 Å². The first-order valence-electron chi connectivity index (χ1n) is 8.90. The summed E-state index contributed by atoms with van der Waals surface area (Å²) < 4.78 is 0. The van der Waals surface area contributed by atoms with Gasteiger partial charge in [0.05, 0.1) is 12.6 Å². The van der Waals surface area contributed by atoms with Crippen molar-refractivity contribution in [1.29, 1.82) is 0 Å². The first kappa shape index (κ1) is 18.6. The monoisotopic (exact) mass is 371 g/mol. The van der Waals surface area contributed by atoms with Crippen LogP contribution in [0.3, 0.4) is 0 Å². The predicted molar refractivity (Wildman–Crippen MR) is 104 cm³/mol. The fraction of sp³-hybridized carbons (Fsp3) is 0.400. The van der Waals surface area contributed by atoms with Crippen molar-refractivity contribution in [1.82, 2.24) is 15.1 Å². The molecule has 26 heavy (non-hydrogen) atoms. The highest BCUT2D eigenvalue weighted by atomic mass is 32.1. The Morgan fingerprint density at radius 2 is 1.81 bits per heavy atom. The molecular formula is C20H25N3O2S. The molecule has 0 unspecified atom stereocenters. The maximum Gasteiger partial charge on any atom is 0.234 e. The molecule has 2 heterocycles. The predicted octanol–water partition coefficient (Wildman–Crippen LogP) is 2.43. The number of benzene rings is 1. The van der Waals surface area contributed by atoms with E-state index in [9.17, 15) is 9.59 Å². The van der Waals surface area contributed by atoms with Crippen LogP contribution in [0.15, 0.2) is 41.8 Å². The lowest BCUT2D eigenvalue weighted by atomic mass is 10.0. The molecule has 2 aromatic rings. The summed E-state index contributed by atoms with van der Waals surface area (Å²) in [5.41, 5.74) is 2.29. The quantitative estimate of drug-likeness (QED) is 0.878. The van der Waals surface area contributed by atoms with E-state index in [1.807, 2.05) is 16.3 Å². The fourth-order valence-corrected chi connectivity index (χ4v) is 3.97.